The van der Waals surface area contributed by atoms with E-state index in [0.717, 1.165) is 18.4 Å². The quantitative estimate of drug-likeness (QED) is 0.629. The largest absolute Gasteiger partial charge is 0.0991 e. The molecule has 0 radical (unpaired) electrons. The van der Waals surface area contributed by atoms with Gasteiger partial charge in [0, 0.05) is 0 Å². The molecule has 0 saturated heterocycles. The summed E-state index contributed by atoms with van der Waals surface area (Å²) in [5, 5.41) is 0. The highest BCUT2D eigenvalue weighted by Gasteiger charge is 1.99. The van der Waals surface area contributed by atoms with Crippen LogP contribution in [-0.4, -0.2) is 0 Å². The summed E-state index contributed by atoms with van der Waals surface area (Å²) in [7, 11) is 0. The van der Waals surface area contributed by atoms with Crippen molar-refractivity contribution in [3.8, 4) is 0 Å². The Morgan fingerprint density at radius 1 is 1.06 bits per heavy atom. The van der Waals surface area contributed by atoms with Gasteiger partial charge < -0.3 is 0 Å². The molecule has 2 rings (SSSR count). The molecule has 18 heavy (non-hydrogen) atoms. The zero-order valence-electron chi connectivity index (χ0n) is 10.8. The highest BCUT2D eigenvalue weighted by molar-refractivity contribution is 5.41. The summed E-state index contributed by atoms with van der Waals surface area (Å²) in [6.45, 7) is 7.60. The van der Waals surface area contributed by atoms with Gasteiger partial charge in [-0.05, 0) is 24.0 Å². The van der Waals surface area contributed by atoms with E-state index in [9.17, 15) is 0 Å². The lowest BCUT2D eigenvalue weighted by molar-refractivity contribution is 0.979. The molecule has 0 heteroatoms. The van der Waals surface area contributed by atoms with Gasteiger partial charge in [0.1, 0.15) is 0 Å². The number of hydrogen-bond donors (Lipinski definition) is 0. The van der Waals surface area contributed by atoms with Crippen molar-refractivity contribution in [3.05, 3.63) is 97.2 Å². The summed E-state index contributed by atoms with van der Waals surface area (Å²) in [5.41, 5.74) is 2.43. The molecule has 0 nitrogen and oxygen atoms in total. The molecule has 1 aliphatic carbocycles. The van der Waals surface area contributed by atoms with Crippen LogP contribution in [0.4, 0.5) is 0 Å². The first kappa shape index (κ1) is 14.0. The van der Waals surface area contributed by atoms with E-state index in [-0.39, 0.29) is 0 Å². The molecule has 1 aromatic carbocycles. The van der Waals surface area contributed by atoms with Gasteiger partial charge in [0.2, 0.25) is 0 Å². The predicted octanol–water partition coefficient (Wildman–Crippen LogP) is 5.25. The summed E-state index contributed by atoms with van der Waals surface area (Å²) in [6.07, 6.45) is 14.3. The van der Waals surface area contributed by atoms with E-state index >= 15 is 0 Å². The molecule has 0 bridgehead atoms. The van der Waals surface area contributed by atoms with Crippen LogP contribution in [0.2, 0.25) is 0 Å². The number of allylic oxidation sites excluding steroid dienone is 8. The van der Waals surface area contributed by atoms with Crippen LogP contribution in [0, 0.1) is 0 Å². The molecule has 0 N–H and O–H groups in total. The maximum Gasteiger partial charge on any atom is -0.0238 e. The number of benzene rings is 1. The van der Waals surface area contributed by atoms with Crippen molar-refractivity contribution in [2.45, 2.75) is 12.8 Å². The van der Waals surface area contributed by atoms with Gasteiger partial charge in [-0.3, -0.25) is 0 Å². The van der Waals surface area contributed by atoms with Crippen molar-refractivity contribution in [1.82, 2.24) is 0 Å². The van der Waals surface area contributed by atoms with E-state index in [2.05, 4.69) is 31.4 Å². The molecular weight excluding hydrogens is 216 g/mol. The molecule has 1 aromatic rings. The molecule has 0 spiro atoms. The van der Waals surface area contributed by atoms with Crippen LogP contribution in [-0.2, 0) is 0 Å². The van der Waals surface area contributed by atoms with Gasteiger partial charge in [-0.25, -0.2) is 0 Å². The first-order chi connectivity index (χ1) is 8.84. The molecule has 0 aromatic heterocycles. The van der Waals surface area contributed by atoms with Crippen molar-refractivity contribution < 1.29 is 0 Å². The Morgan fingerprint density at radius 2 is 1.67 bits per heavy atom. The molecule has 92 valence electrons. The summed E-state index contributed by atoms with van der Waals surface area (Å²) in [6, 6.07) is 12.0. The Morgan fingerprint density at radius 3 is 2.11 bits per heavy atom. The topological polar surface area (TPSA) is 0 Å². The fraction of sp³-hybridized carbons (Fsp3) is 0.111. The van der Waals surface area contributed by atoms with Gasteiger partial charge in [0.05, 0.1) is 0 Å². The molecule has 0 heterocycles. The first-order valence-corrected chi connectivity index (χ1v) is 6.18. The zero-order valence-corrected chi connectivity index (χ0v) is 10.8. The van der Waals surface area contributed by atoms with Gasteiger partial charge in [0.25, 0.3) is 0 Å². The Labute approximate surface area is 110 Å². The van der Waals surface area contributed by atoms with E-state index in [4.69, 9.17) is 0 Å². The first-order valence-electron chi connectivity index (χ1n) is 6.18. The molecule has 0 saturated carbocycles. The second-order valence-electron chi connectivity index (χ2n) is 3.93. The third-order valence-corrected chi connectivity index (χ3v) is 2.53. The maximum atomic E-state index is 3.98. The average molecular weight is 236 g/mol. The molecule has 0 aliphatic heterocycles. The standard InChI is InChI=1S/C12H14.C6H6/c1-3-4-8-11(2)12-9-6-5-7-10-12;1-2-4-6-5-3-1/h3-6,8-9H,1-2,7,10H2;1-6H/b8-4-;. The van der Waals surface area contributed by atoms with Crippen molar-refractivity contribution in [2.75, 3.05) is 0 Å². The van der Waals surface area contributed by atoms with Gasteiger partial charge >= 0.3 is 0 Å². The smallest absolute Gasteiger partial charge is 0.0238 e. The summed E-state index contributed by atoms with van der Waals surface area (Å²) < 4.78 is 0. The molecule has 0 fully saturated rings. The van der Waals surface area contributed by atoms with Gasteiger partial charge in [-0.1, -0.05) is 86.0 Å². The Hall–Kier alpha value is -2.08. The van der Waals surface area contributed by atoms with E-state index in [0.29, 0.717) is 0 Å². The normalized spacial score (nSPS) is 13.4. The van der Waals surface area contributed by atoms with Crippen LogP contribution < -0.4 is 0 Å². The number of hydrogen-bond acceptors (Lipinski definition) is 0. The van der Waals surface area contributed by atoms with Crippen LogP contribution >= 0.6 is 0 Å². The lowest BCUT2D eigenvalue weighted by atomic mass is 9.98. The van der Waals surface area contributed by atoms with Crippen LogP contribution in [0.3, 0.4) is 0 Å². The second kappa shape index (κ2) is 9.00. The van der Waals surface area contributed by atoms with E-state index in [1.54, 1.807) is 6.08 Å². The Kier molecular flexibility index (Phi) is 6.99. The minimum absolute atomic E-state index is 1.10. The lowest BCUT2D eigenvalue weighted by Gasteiger charge is -2.07. The van der Waals surface area contributed by atoms with Crippen molar-refractivity contribution in [3.63, 3.8) is 0 Å². The highest BCUT2D eigenvalue weighted by atomic mass is 14.0. The minimum atomic E-state index is 1.10. The summed E-state index contributed by atoms with van der Waals surface area (Å²) in [4.78, 5) is 0. The van der Waals surface area contributed by atoms with Crippen molar-refractivity contribution >= 4 is 0 Å². The SMILES string of the molecule is C=C/C=C\C(=C)C1=CC=CCC1.c1ccccc1. The summed E-state index contributed by atoms with van der Waals surface area (Å²) in [5.74, 6) is 0. The van der Waals surface area contributed by atoms with Crippen molar-refractivity contribution in [2.24, 2.45) is 0 Å². The molecule has 0 unspecified atom stereocenters. The molecule has 1 aliphatic rings. The Balaban J connectivity index is 0.000000225. The van der Waals surface area contributed by atoms with Crippen LogP contribution in [0.15, 0.2) is 97.2 Å². The molecule has 0 atom stereocenters. The van der Waals surface area contributed by atoms with Gasteiger partial charge in [0.15, 0.2) is 0 Å². The van der Waals surface area contributed by atoms with Crippen LogP contribution in [0.5, 0.6) is 0 Å². The number of rotatable bonds is 3. The van der Waals surface area contributed by atoms with Crippen LogP contribution in [0.1, 0.15) is 12.8 Å². The van der Waals surface area contributed by atoms with Crippen molar-refractivity contribution in [1.29, 1.82) is 0 Å². The molecular formula is C18H20. The fourth-order valence-electron chi connectivity index (χ4n) is 1.55. The third kappa shape index (κ3) is 5.86. The monoisotopic (exact) mass is 236 g/mol. The second-order valence-corrected chi connectivity index (χ2v) is 3.93. The van der Waals surface area contributed by atoms with E-state index in [1.807, 2.05) is 48.6 Å². The predicted molar refractivity (Wildman–Crippen MR) is 81.4 cm³/mol. The lowest BCUT2D eigenvalue weighted by Crippen LogP contribution is -1.88. The average Bonchev–Trinajstić information content (AvgIpc) is 2.48. The van der Waals surface area contributed by atoms with Gasteiger partial charge in [-0.2, -0.15) is 0 Å². The Bertz CT molecular complexity index is 417. The van der Waals surface area contributed by atoms with Crippen LogP contribution in [0.25, 0.3) is 0 Å². The molecule has 0 amide bonds. The maximum absolute atomic E-state index is 3.98. The third-order valence-electron chi connectivity index (χ3n) is 2.53. The minimum Gasteiger partial charge on any atom is -0.0991 e. The highest BCUT2D eigenvalue weighted by Crippen LogP contribution is 2.19. The fourth-order valence-corrected chi connectivity index (χ4v) is 1.55. The van der Waals surface area contributed by atoms with E-state index < -0.39 is 0 Å². The van der Waals surface area contributed by atoms with Gasteiger partial charge in [-0.15, -0.1) is 0 Å². The van der Waals surface area contributed by atoms with E-state index in [1.165, 1.54) is 5.57 Å². The zero-order chi connectivity index (χ0) is 13.1. The summed E-state index contributed by atoms with van der Waals surface area (Å²) >= 11 is 0.